The molecular formula is C19H15N3O2S3. The number of nitrogens with zero attached hydrogens (tertiary/aromatic N) is 2. The van der Waals surface area contributed by atoms with Gasteiger partial charge in [-0.05, 0) is 17.7 Å². The van der Waals surface area contributed by atoms with Crippen LogP contribution < -0.4 is 5.73 Å². The first-order valence-corrected chi connectivity index (χ1v) is 11.0. The van der Waals surface area contributed by atoms with Gasteiger partial charge in [0.2, 0.25) is 0 Å². The van der Waals surface area contributed by atoms with Crippen molar-refractivity contribution in [3.63, 3.8) is 0 Å². The molecule has 3 aromatic heterocycles. The van der Waals surface area contributed by atoms with Gasteiger partial charge in [-0.1, -0.05) is 48.2 Å². The Morgan fingerprint density at radius 3 is 2.70 bits per heavy atom. The molecule has 0 saturated carbocycles. The van der Waals surface area contributed by atoms with Gasteiger partial charge in [0.15, 0.2) is 5.16 Å². The summed E-state index contributed by atoms with van der Waals surface area (Å²) in [6.45, 7) is 0.234. The molecule has 1 aromatic carbocycles. The van der Waals surface area contributed by atoms with Crippen molar-refractivity contribution in [3.05, 3.63) is 57.6 Å². The lowest BCUT2D eigenvalue weighted by Gasteiger charge is -2.06. The van der Waals surface area contributed by atoms with E-state index >= 15 is 0 Å². The van der Waals surface area contributed by atoms with Crippen LogP contribution in [0.2, 0.25) is 0 Å². The number of thiophene rings is 2. The standard InChI is InChI=1S/C19H15N3O2S3/c1-25-19-21-15(11-6-3-2-4-7-11)13-14(20)16(27-17(13)22-19)18(23)24-10-12-8-5-9-26-12/h2-9H,10,20H2,1H3. The maximum absolute atomic E-state index is 12.6. The maximum atomic E-state index is 12.6. The lowest BCUT2D eigenvalue weighted by atomic mass is 10.1. The van der Waals surface area contributed by atoms with Crippen molar-refractivity contribution in [1.82, 2.24) is 9.97 Å². The predicted molar refractivity (Wildman–Crippen MR) is 112 cm³/mol. The predicted octanol–water partition coefficient (Wildman–Crippen LogP) is 5.08. The molecule has 0 fully saturated rings. The minimum absolute atomic E-state index is 0.234. The van der Waals surface area contributed by atoms with E-state index in [4.69, 9.17) is 10.5 Å². The number of rotatable bonds is 5. The zero-order valence-electron chi connectivity index (χ0n) is 14.3. The van der Waals surface area contributed by atoms with Crippen molar-refractivity contribution in [3.8, 4) is 11.3 Å². The number of anilines is 1. The Kier molecular flexibility index (Phi) is 5.11. The number of carbonyl (C=O) groups excluding carboxylic acids is 1. The van der Waals surface area contributed by atoms with E-state index in [0.717, 1.165) is 16.1 Å². The summed E-state index contributed by atoms with van der Waals surface area (Å²) in [6, 6.07) is 13.6. The molecular weight excluding hydrogens is 398 g/mol. The summed E-state index contributed by atoms with van der Waals surface area (Å²) in [4.78, 5) is 23.8. The van der Waals surface area contributed by atoms with Crippen LogP contribution in [0.4, 0.5) is 5.69 Å². The van der Waals surface area contributed by atoms with Crippen LogP contribution in [0.15, 0.2) is 53.0 Å². The van der Waals surface area contributed by atoms with Crippen LogP contribution in [0.1, 0.15) is 14.5 Å². The van der Waals surface area contributed by atoms with Crippen molar-refractivity contribution in [2.45, 2.75) is 11.8 Å². The highest BCUT2D eigenvalue weighted by molar-refractivity contribution is 7.98. The van der Waals surface area contributed by atoms with E-state index in [2.05, 4.69) is 9.97 Å². The summed E-state index contributed by atoms with van der Waals surface area (Å²) in [6.07, 6.45) is 1.92. The minimum atomic E-state index is -0.436. The summed E-state index contributed by atoms with van der Waals surface area (Å²) in [5.74, 6) is -0.436. The first-order valence-electron chi connectivity index (χ1n) is 8.06. The van der Waals surface area contributed by atoms with Gasteiger partial charge in [0.25, 0.3) is 0 Å². The molecule has 0 radical (unpaired) electrons. The fraction of sp³-hybridized carbons (Fsp3) is 0.105. The molecule has 0 saturated heterocycles. The highest BCUT2D eigenvalue weighted by Crippen LogP contribution is 2.39. The highest BCUT2D eigenvalue weighted by Gasteiger charge is 2.23. The topological polar surface area (TPSA) is 78.1 Å². The number of aromatic nitrogens is 2. The Morgan fingerprint density at radius 1 is 1.19 bits per heavy atom. The number of ether oxygens (including phenoxy) is 1. The minimum Gasteiger partial charge on any atom is -0.456 e. The van der Waals surface area contributed by atoms with Gasteiger partial charge in [0.1, 0.15) is 16.3 Å². The van der Waals surface area contributed by atoms with E-state index < -0.39 is 5.97 Å². The average Bonchev–Trinajstić information content (AvgIpc) is 3.34. The van der Waals surface area contributed by atoms with Gasteiger partial charge < -0.3 is 10.5 Å². The summed E-state index contributed by atoms with van der Waals surface area (Å²) in [7, 11) is 0. The molecule has 2 N–H and O–H groups in total. The zero-order chi connectivity index (χ0) is 18.8. The first-order chi connectivity index (χ1) is 13.2. The SMILES string of the molecule is CSc1nc(-c2ccccc2)c2c(N)c(C(=O)OCc3cccs3)sc2n1. The second kappa shape index (κ2) is 7.67. The monoisotopic (exact) mass is 413 g/mol. The lowest BCUT2D eigenvalue weighted by Crippen LogP contribution is -2.05. The molecule has 5 nitrogen and oxygen atoms in total. The van der Waals surface area contributed by atoms with E-state index in [0.29, 0.717) is 25.9 Å². The van der Waals surface area contributed by atoms with Crippen LogP contribution in [-0.4, -0.2) is 22.2 Å². The van der Waals surface area contributed by atoms with E-state index in [1.54, 1.807) is 11.3 Å². The first kappa shape index (κ1) is 18.0. The fourth-order valence-electron chi connectivity index (χ4n) is 2.65. The summed E-state index contributed by atoms with van der Waals surface area (Å²) < 4.78 is 5.43. The lowest BCUT2D eigenvalue weighted by molar-refractivity contribution is 0.0484. The fourth-order valence-corrected chi connectivity index (χ4v) is 4.67. The van der Waals surface area contributed by atoms with Crippen LogP contribution in [-0.2, 0) is 11.3 Å². The van der Waals surface area contributed by atoms with Crippen molar-refractivity contribution < 1.29 is 9.53 Å². The number of esters is 1. The smallest absolute Gasteiger partial charge is 0.350 e. The molecule has 0 bridgehead atoms. The number of carbonyl (C=O) groups is 1. The number of nitrogens with two attached hydrogens (primary N) is 1. The number of thioether (sulfide) groups is 1. The molecule has 0 amide bonds. The van der Waals surface area contributed by atoms with Gasteiger partial charge in [-0.25, -0.2) is 14.8 Å². The largest absolute Gasteiger partial charge is 0.456 e. The van der Waals surface area contributed by atoms with E-state index in [-0.39, 0.29) is 6.61 Å². The third kappa shape index (κ3) is 3.55. The van der Waals surface area contributed by atoms with E-state index in [1.807, 2.05) is 54.1 Å². The molecule has 3 heterocycles. The van der Waals surface area contributed by atoms with E-state index in [1.165, 1.54) is 23.1 Å². The molecule has 8 heteroatoms. The molecule has 136 valence electrons. The molecule has 0 spiro atoms. The van der Waals surface area contributed by atoms with Gasteiger partial charge in [-0.2, -0.15) is 0 Å². The van der Waals surface area contributed by atoms with Crippen LogP contribution in [0.5, 0.6) is 0 Å². The Labute approximate surface area is 168 Å². The average molecular weight is 414 g/mol. The molecule has 4 rings (SSSR count). The van der Waals surface area contributed by atoms with Gasteiger partial charge in [-0.15, -0.1) is 22.7 Å². The number of benzene rings is 1. The highest BCUT2D eigenvalue weighted by atomic mass is 32.2. The molecule has 0 unspecified atom stereocenters. The molecule has 0 atom stereocenters. The molecule has 0 aliphatic carbocycles. The van der Waals surface area contributed by atoms with Gasteiger partial charge >= 0.3 is 5.97 Å². The van der Waals surface area contributed by atoms with Gasteiger partial charge in [-0.3, -0.25) is 0 Å². The number of hydrogen-bond donors (Lipinski definition) is 1. The second-order valence-corrected chi connectivity index (χ2v) is 8.41. The summed E-state index contributed by atoms with van der Waals surface area (Å²) >= 11 is 4.24. The van der Waals surface area contributed by atoms with Crippen LogP contribution in [0.3, 0.4) is 0 Å². The van der Waals surface area contributed by atoms with Gasteiger partial charge in [0, 0.05) is 10.4 Å². The molecule has 27 heavy (non-hydrogen) atoms. The van der Waals surface area contributed by atoms with Crippen molar-refractivity contribution >= 4 is 56.3 Å². The normalized spacial score (nSPS) is 11.0. The Balaban J connectivity index is 1.77. The van der Waals surface area contributed by atoms with Crippen molar-refractivity contribution in [1.29, 1.82) is 0 Å². The molecule has 4 aromatic rings. The molecule has 0 aliphatic rings. The Bertz CT molecular complexity index is 1090. The van der Waals surface area contributed by atoms with Crippen LogP contribution in [0.25, 0.3) is 21.5 Å². The summed E-state index contributed by atoms with van der Waals surface area (Å²) in [5.41, 5.74) is 8.38. The third-order valence-electron chi connectivity index (χ3n) is 3.91. The van der Waals surface area contributed by atoms with Gasteiger partial charge in [0.05, 0.1) is 16.8 Å². The Hall–Kier alpha value is -2.42. The number of fused-ring (bicyclic) bond motifs is 1. The van der Waals surface area contributed by atoms with Crippen LogP contribution >= 0.6 is 34.4 Å². The zero-order valence-corrected chi connectivity index (χ0v) is 16.8. The Morgan fingerprint density at radius 2 is 2.00 bits per heavy atom. The quantitative estimate of drug-likeness (QED) is 0.279. The molecule has 0 aliphatic heterocycles. The summed E-state index contributed by atoms with van der Waals surface area (Å²) in [5, 5.41) is 3.29. The van der Waals surface area contributed by atoms with Crippen LogP contribution in [0, 0.1) is 0 Å². The van der Waals surface area contributed by atoms with Crippen molar-refractivity contribution in [2.24, 2.45) is 0 Å². The second-order valence-electron chi connectivity index (χ2n) is 5.61. The number of nitrogen functional groups attached to an aromatic ring is 1. The number of hydrogen-bond acceptors (Lipinski definition) is 8. The van der Waals surface area contributed by atoms with Crippen molar-refractivity contribution in [2.75, 3.05) is 12.0 Å². The van der Waals surface area contributed by atoms with E-state index in [9.17, 15) is 4.79 Å². The maximum Gasteiger partial charge on any atom is 0.350 e. The third-order valence-corrected chi connectivity index (χ3v) is 6.39.